The van der Waals surface area contributed by atoms with Crippen LogP contribution in [0.3, 0.4) is 0 Å². The molecule has 2 heterocycles. The molecule has 1 aromatic rings. The number of rotatable bonds is 6. The maximum atomic E-state index is 12.7. The molecule has 0 radical (unpaired) electrons. The van der Waals surface area contributed by atoms with Gasteiger partial charge in [-0.05, 0) is 38.9 Å². The number of urea groups is 1. The third-order valence-electron chi connectivity index (χ3n) is 4.68. The number of nitrogens with one attached hydrogen (secondary N) is 2. The highest BCUT2D eigenvalue weighted by molar-refractivity contribution is 5.95. The minimum atomic E-state index is -0.614. The zero-order valence-corrected chi connectivity index (χ0v) is 15.2. The van der Waals surface area contributed by atoms with Crippen molar-refractivity contribution in [2.75, 3.05) is 33.4 Å². The van der Waals surface area contributed by atoms with Crippen LogP contribution >= 0.6 is 0 Å². The van der Waals surface area contributed by atoms with Gasteiger partial charge in [-0.1, -0.05) is 18.2 Å². The van der Waals surface area contributed by atoms with Gasteiger partial charge in [-0.3, -0.25) is 4.90 Å². The summed E-state index contributed by atoms with van der Waals surface area (Å²) in [6.07, 6.45) is 2.26. The van der Waals surface area contributed by atoms with Crippen molar-refractivity contribution in [2.45, 2.75) is 25.8 Å². The highest BCUT2D eigenvalue weighted by atomic mass is 16.5. The molecule has 0 aromatic heterocycles. The van der Waals surface area contributed by atoms with Crippen molar-refractivity contribution < 1.29 is 19.1 Å². The molecule has 26 heavy (non-hydrogen) atoms. The highest BCUT2D eigenvalue weighted by Crippen LogP contribution is 2.33. The van der Waals surface area contributed by atoms with E-state index in [1.807, 2.05) is 24.3 Å². The smallest absolute Gasteiger partial charge is 0.338 e. The van der Waals surface area contributed by atoms with Crippen LogP contribution in [-0.2, 0) is 9.53 Å². The highest BCUT2D eigenvalue weighted by Gasteiger charge is 2.35. The molecule has 0 saturated carbocycles. The Morgan fingerprint density at radius 1 is 1.27 bits per heavy atom. The van der Waals surface area contributed by atoms with E-state index < -0.39 is 12.0 Å². The van der Waals surface area contributed by atoms with Gasteiger partial charge in [-0.2, -0.15) is 0 Å². The van der Waals surface area contributed by atoms with Crippen LogP contribution in [0.1, 0.15) is 31.4 Å². The molecule has 3 rings (SSSR count). The topological polar surface area (TPSA) is 79.9 Å². The maximum Gasteiger partial charge on any atom is 0.338 e. The Labute approximate surface area is 153 Å². The van der Waals surface area contributed by atoms with E-state index in [9.17, 15) is 9.59 Å². The Morgan fingerprint density at radius 3 is 2.69 bits per heavy atom. The van der Waals surface area contributed by atoms with Gasteiger partial charge in [-0.25, -0.2) is 9.59 Å². The van der Waals surface area contributed by atoms with Crippen LogP contribution in [0.2, 0.25) is 0 Å². The number of methoxy groups -OCH3 is 1. The van der Waals surface area contributed by atoms with Crippen molar-refractivity contribution in [1.29, 1.82) is 0 Å². The third-order valence-corrected chi connectivity index (χ3v) is 4.68. The summed E-state index contributed by atoms with van der Waals surface area (Å²) < 4.78 is 10.7. The number of likely N-dealkylation sites (tertiary alicyclic amines) is 1. The Bertz CT molecular complexity index is 710. The van der Waals surface area contributed by atoms with E-state index in [4.69, 9.17) is 9.47 Å². The second-order valence-corrected chi connectivity index (χ2v) is 6.37. The SMILES string of the molecule is CCOC(=O)C1=C(CN2CCCC2)NC(=O)N[C@H]1c1ccccc1OC. The average molecular weight is 359 g/mol. The number of amides is 2. The number of para-hydroxylation sites is 1. The van der Waals surface area contributed by atoms with E-state index in [1.165, 1.54) is 0 Å². The first-order valence-electron chi connectivity index (χ1n) is 8.97. The van der Waals surface area contributed by atoms with Crippen LogP contribution in [0.25, 0.3) is 0 Å². The van der Waals surface area contributed by atoms with Gasteiger partial charge in [0, 0.05) is 17.8 Å². The summed E-state index contributed by atoms with van der Waals surface area (Å²) in [6, 6.07) is 6.42. The van der Waals surface area contributed by atoms with Gasteiger partial charge in [0.1, 0.15) is 5.75 Å². The molecule has 2 aliphatic heterocycles. The fourth-order valence-corrected chi connectivity index (χ4v) is 3.50. The lowest BCUT2D eigenvalue weighted by Crippen LogP contribution is -2.48. The van der Waals surface area contributed by atoms with E-state index in [2.05, 4.69) is 15.5 Å². The quantitative estimate of drug-likeness (QED) is 0.759. The first kappa shape index (κ1) is 18.3. The lowest BCUT2D eigenvalue weighted by Gasteiger charge is -2.31. The largest absolute Gasteiger partial charge is 0.496 e. The molecule has 0 unspecified atom stereocenters. The first-order valence-corrected chi connectivity index (χ1v) is 8.97. The molecule has 0 bridgehead atoms. The molecule has 1 fully saturated rings. The zero-order valence-electron chi connectivity index (χ0n) is 15.2. The van der Waals surface area contributed by atoms with Crippen molar-refractivity contribution in [3.63, 3.8) is 0 Å². The number of ether oxygens (including phenoxy) is 2. The Morgan fingerprint density at radius 2 is 2.00 bits per heavy atom. The lowest BCUT2D eigenvalue weighted by atomic mass is 9.94. The number of hydrogen-bond donors (Lipinski definition) is 2. The van der Waals surface area contributed by atoms with Crippen LogP contribution in [0.4, 0.5) is 4.79 Å². The lowest BCUT2D eigenvalue weighted by molar-refractivity contribution is -0.139. The van der Waals surface area contributed by atoms with Gasteiger partial charge in [0.05, 0.1) is 25.3 Å². The summed E-state index contributed by atoms with van der Waals surface area (Å²) in [5.41, 5.74) is 1.76. The molecule has 7 nitrogen and oxygen atoms in total. The van der Waals surface area contributed by atoms with Crippen molar-refractivity contribution in [3.8, 4) is 5.75 Å². The molecular weight excluding hydrogens is 334 g/mol. The molecule has 2 aliphatic rings. The molecule has 0 aliphatic carbocycles. The fraction of sp³-hybridized carbons (Fsp3) is 0.474. The summed E-state index contributed by atoms with van der Waals surface area (Å²) in [6.45, 7) is 4.48. The maximum absolute atomic E-state index is 12.7. The number of hydrogen-bond acceptors (Lipinski definition) is 5. The first-order chi connectivity index (χ1) is 12.6. The zero-order chi connectivity index (χ0) is 18.5. The van der Waals surface area contributed by atoms with Gasteiger partial charge >= 0.3 is 12.0 Å². The number of esters is 1. The van der Waals surface area contributed by atoms with Gasteiger partial charge in [0.15, 0.2) is 0 Å². The second kappa shape index (κ2) is 8.23. The van der Waals surface area contributed by atoms with E-state index in [-0.39, 0.29) is 12.6 Å². The van der Waals surface area contributed by atoms with Gasteiger partial charge in [0.25, 0.3) is 0 Å². The summed E-state index contributed by atoms with van der Waals surface area (Å²) >= 11 is 0. The molecule has 1 aromatic carbocycles. The molecule has 2 amide bonds. The second-order valence-electron chi connectivity index (χ2n) is 6.37. The normalized spacial score (nSPS) is 20.5. The average Bonchev–Trinajstić information content (AvgIpc) is 3.14. The van der Waals surface area contributed by atoms with E-state index >= 15 is 0 Å². The molecule has 1 saturated heterocycles. The minimum absolute atomic E-state index is 0.270. The summed E-state index contributed by atoms with van der Waals surface area (Å²) in [4.78, 5) is 27.3. The monoisotopic (exact) mass is 359 g/mol. The third kappa shape index (κ3) is 3.83. The van der Waals surface area contributed by atoms with E-state index in [0.29, 0.717) is 23.6 Å². The molecule has 140 valence electrons. The summed E-state index contributed by atoms with van der Waals surface area (Å²) in [5, 5.41) is 5.66. The number of carbonyl (C=O) groups excluding carboxylic acids is 2. The van der Waals surface area contributed by atoms with Crippen LogP contribution < -0.4 is 15.4 Å². The number of nitrogens with zero attached hydrogens (tertiary/aromatic N) is 1. The van der Waals surface area contributed by atoms with E-state index in [1.54, 1.807) is 14.0 Å². The summed E-state index contributed by atoms with van der Waals surface area (Å²) in [5.74, 6) is 0.187. The van der Waals surface area contributed by atoms with Crippen LogP contribution in [0.5, 0.6) is 5.75 Å². The van der Waals surface area contributed by atoms with Gasteiger partial charge in [-0.15, -0.1) is 0 Å². The minimum Gasteiger partial charge on any atom is -0.496 e. The Hall–Kier alpha value is -2.54. The van der Waals surface area contributed by atoms with Crippen LogP contribution in [0, 0.1) is 0 Å². The van der Waals surface area contributed by atoms with Crippen molar-refractivity contribution in [3.05, 3.63) is 41.1 Å². The molecule has 1 atom stereocenters. The van der Waals surface area contributed by atoms with Crippen molar-refractivity contribution in [2.24, 2.45) is 0 Å². The molecule has 2 N–H and O–H groups in total. The summed E-state index contributed by atoms with van der Waals surface area (Å²) in [7, 11) is 1.57. The predicted molar refractivity (Wildman–Crippen MR) is 96.7 cm³/mol. The standard InChI is InChI=1S/C19H25N3O4/c1-3-26-18(23)16-14(12-22-10-6-7-11-22)20-19(24)21-17(16)13-8-4-5-9-15(13)25-2/h4-5,8-9,17H,3,6-7,10-12H2,1-2H3,(H2,20,21,24)/t17-/m0/s1. The Balaban J connectivity index is 2.04. The predicted octanol–water partition coefficient (Wildman–Crippen LogP) is 1.96. The molecule has 7 heteroatoms. The number of benzene rings is 1. The van der Waals surface area contributed by atoms with Crippen LogP contribution in [-0.4, -0.2) is 50.3 Å². The van der Waals surface area contributed by atoms with Gasteiger partial charge in [0.2, 0.25) is 0 Å². The van der Waals surface area contributed by atoms with Crippen molar-refractivity contribution >= 4 is 12.0 Å². The number of carbonyl (C=O) groups is 2. The fourth-order valence-electron chi connectivity index (χ4n) is 3.50. The van der Waals surface area contributed by atoms with E-state index in [0.717, 1.165) is 31.5 Å². The van der Waals surface area contributed by atoms with Crippen molar-refractivity contribution in [1.82, 2.24) is 15.5 Å². The van der Waals surface area contributed by atoms with Gasteiger partial charge < -0.3 is 20.1 Å². The molecule has 0 spiro atoms. The van der Waals surface area contributed by atoms with Crippen LogP contribution in [0.15, 0.2) is 35.5 Å². The molecular formula is C19H25N3O4. The Kier molecular flexibility index (Phi) is 5.78.